The van der Waals surface area contributed by atoms with Crippen molar-refractivity contribution in [2.45, 2.75) is 19.8 Å². The lowest BCUT2D eigenvalue weighted by Crippen LogP contribution is -2.02. The third-order valence-electron chi connectivity index (χ3n) is 2.17. The minimum Gasteiger partial charge on any atom is -0.475 e. The van der Waals surface area contributed by atoms with Crippen LogP contribution in [0.5, 0.6) is 0 Å². The van der Waals surface area contributed by atoms with Crippen LogP contribution in [0, 0.1) is 0 Å². The lowest BCUT2D eigenvalue weighted by atomic mass is 10.1. The molecule has 0 fully saturated rings. The Bertz CT molecular complexity index is 516. The average molecular weight is 205 g/mol. The maximum absolute atomic E-state index is 10.7. The maximum Gasteiger partial charge on any atom is 0.375 e. The van der Waals surface area contributed by atoms with Crippen LogP contribution in [-0.4, -0.2) is 25.7 Å². The van der Waals surface area contributed by atoms with Gasteiger partial charge in [0.2, 0.25) is 0 Å². The zero-order chi connectivity index (χ0) is 11.0. The van der Waals surface area contributed by atoms with E-state index in [4.69, 9.17) is 5.11 Å². The molecule has 2 rings (SSSR count). The quantitative estimate of drug-likeness (QED) is 0.807. The van der Waals surface area contributed by atoms with Gasteiger partial charge in [-0.25, -0.2) is 14.3 Å². The molecule has 2 heterocycles. The van der Waals surface area contributed by atoms with E-state index in [1.165, 1.54) is 0 Å². The Labute approximate surface area is 86.4 Å². The van der Waals surface area contributed by atoms with E-state index in [-0.39, 0.29) is 11.7 Å². The Morgan fingerprint density at radius 2 is 2.20 bits per heavy atom. The highest BCUT2D eigenvalue weighted by Gasteiger charge is 2.13. The summed E-state index contributed by atoms with van der Waals surface area (Å²) in [7, 11) is 0. The molecule has 0 radical (unpaired) electrons. The molecular weight excluding hydrogens is 194 g/mol. The fourth-order valence-electron chi connectivity index (χ4n) is 1.45. The van der Waals surface area contributed by atoms with Gasteiger partial charge in [-0.3, -0.25) is 0 Å². The van der Waals surface area contributed by atoms with E-state index >= 15 is 0 Å². The van der Waals surface area contributed by atoms with Crippen molar-refractivity contribution in [1.29, 1.82) is 0 Å². The molecule has 2 aromatic heterocycles. The second kappa shape index (κ2) is 3.34. The summed E-state index contributed by atoms with van der Waals surface area (Å²) < 4.78 is 1.58. The molecular formula is C10H11N3O2. The number of carboxylic acids is 1. The van der Waals surface area contributed by atoms with Gasteiger partial charge in [0.15, 0.2) is 5.65 Å². The van der Waals surface area contributed by atoms with Crippen LogP contribution < -0.4 is 0 Å². The molecule has 0 saturated carbocycles. The highest BCUT2D eigenvalue weighted by molar-refractivity contribution is 5.83. The Hall–Kier alpha value is -1.91. The van der Waals surface area contributed by atoms with Crippen LogP contribution >= 0.6 is 0 Å². The number of aromatic nitrogens is 3. The highest BCUT2D eigenvalue weighted by Crippen LogP contribution is 2.15. The zero-order valence-electron chi connectivity index (χ0n) is 8.51. The molecule has 0 spiro atoms. The fourth-order valence-corrected chi connectivity index (χ4v) is 1.45. The first-order valence-corrected chi connectivity index (χ1v) is 4.68. The zero-order valence-corrected chi connectivity index (χ0v) is 8.51. The van der Waals surface area contributed by atoms with Crippen molar-refractivity contribution in [3.63, 3.8) is 0 Å². The second-order valence-electron chi connectivity index (χ2n) is 3.62. The van der Waals surface area contributed by atoms with Crippen LogP contribution in [-0.2, 0) is 0 Å². The molecule has 0 amide bonds. The summed E-state index contributed by atoms with van der Waals surface area (Å²) in [6, 6.07) is 5.51. The van der Waals surface area contributed by atoms with Gasteiger partial charge in [-0.15, -0.1) is 5.10 Å². The Morgan fingerprint density at radius 3 is 2.80 bits per heavy atom. The normalized spacial score (nSPS) is 11.1. The van der Waals surface area contributed by atoms with Gasteiger partial charge in [0.05, 0.1) is 0 Å². The Kier molecular flexibility index (Phi) is 2.15. The predicted molar refractivity (Wildman–Crippen MR) is 54.0 cm³/mol. The largest absolute Gasteiger partial charge is 0.475 e. The average Bonchev–Trinajstić information content (AvgIpc) is 2.60. The molecule has 0 bridgehead atoms. The lowest BCUT2D eigenvalue weighted by Gasteiger charge is -2.05. The van der Waals surface area contributed by atoms with Crippen molar-refractivity contribution in [3.8, 4) is 0 Å². The Morgan fingerprint density at radius 1 is 1.47 bits per heavy atom. The van der Waals surface area contributed by atoms with Crippen molar-refractivity contribution in [2.75, 3.05) is 0 Å². The van der Waals surface area contributed by atoms with Crippen LogP contribution in [0.3, 0.4) is 0 Å². The van der Waals surface area contributed by atoms with Gasteiger partial charge in [0, 0.05) is 5.69 Å². The van der Waals surface area contributed by atoms with Crippen LogP contribution in [0.4, 0.5) is 0 Å². The molecule has 0 unspecified atom stereocenters. The highest BCUT2D eigenvalue weighted by atomic mass is 16.4. The standard InChI is InChI=1S/C10H11N3O2/c1-6(2)7-4-3-5-8-11-9(10(14)15)12-13(7)8/h3-6H,1-2H3,(H,14,15). The third kappa shape index (κ3) is 1.56. The van der Waals surface area contributed by atoms with E-state index in [0.717, 1.165) is 5.69 Å². The van der Waals surface area contributed by atoms with Crippen LogP contribution in [0.15, 0.2) is 18.2 Å². The molecule has 15 heavy (non-hydrogen) atoms. The molecule has 5 nitrogen and oxygen atoms in total. The molecule has 78 valence electrons. The lowest BCUT2D eigenvalue weighted by molar-refractivity contribution is 0.0684. The summed E-state index contributed by atoms with van der Waals surface area (Å²) in [4.78, 5) is 14.6. The van der Waals surface area contributed by atoms with Gasteiger partial charge in [-0.1, -0.05) is 19.9 Å². The van der Waals surface area contributed by atoms with E-state index in [1.54, 1.807) is 10.6 Å². The molecule has 1 N–H and O–H groups in total. The third-order valence-corrected chi connectivity index (χ3v) is 2.17. The molecule has 0 aliphatic carbocycles. The van der Waals surface area contributed by atoms with E-state index < -0.39 is 5.97 Å². The number of hydrogen-bond donors (Lipinski definition) is 1. The summed E-state index contributed by atoms with van der Waals surface area (Å²) in [5.74, 6) is -0.992. The van der Waals surface area contributed by atoms with Crippen LogP contribution in [0.2, 0.25) is 0 Å². The number of carbonyl (C=O) groups is 1. The van der Waals surface area contributed by atoms with Gasteiger partial charge in [-0.05, 0) is 18.1 Å². The number of nitrogens with zero attached hydrogens (tertiary/aromatic N) is 3. The number of pyridine rings is 1. The molecule has 0 aliphatic rings. The topological polar surface area (TPSA) is 67.5 Å². The van der Waals surface area contributed by atoms with Gasteiger partial charge < -0.3 is 5.11 Å². The van der Waals surface area contributed by atoms with Gasteiger partial charge in [-0.2, -0.15) is 0 Å². The number of fused-ring (bicyclic) bond motifs is 1. The van der Waals surface area contributed by atoms with Crippen molar-refractivity contribution in [1.82, 2.24) is 14.6 Å². The molecule has 2 aromatic rings. The number of rotatable bonds is 2. The van der Waals surface area contributed by atoms with Gasteiger partial charge in [0.1, 0.15) is 0 Å². The summed E-state index contributed by atoms with van der Waals surface area (Å²) in [5.41, 5.74) is 1.52. The van der Waals surface area contributed by atoms with Gasteiger partial charge in [0.25, 0.3) is 5.82 Å². The van der Waals surface area contributed by atoms with Crippen LogP contribution in [0.1, 0.15) is 36.1 Å². The first-order valence-electron chi connectivity index (χ1n) is 4.68. The first kappa shape index (κ1) is 9.64. The van der Waals surface area contributed by atoms with Crippen LogP contribution in [0.25, 0.3) is 5.65 Å². The van der Waals surface area contributed by atoms with Crippen molar-refractivity contribution in [2.24, 2.45) is 0 Å². The molecule has 0 aliphatic heterocycles. The Balaban J connectivity index is 2.69. The summed E-state index contributed by atoms with van der Waals surface area (Å²) in [6.45, 7) is 4.05. The fraction of sp³-hybridized carbons (Fsp3) is 0.300. The maximum atomic E-state index is 10.7. The van der Waals surface area contributed by atoms with E-state index in [9.17, 15) is 4.79 Å². The molecule has 0 saturated heterocycles. The summed E-state index contributed by atoms with van der Waals surface area (Å²) in [5, 5.41) is 12.7. The smallest absolute Gasteiger partial charge is 0.375 e. The van der Waals surface area contributed by atoms with Gasteiger partial charge >= 0.3 is 5.97 Å². The number of hydrogen-bond acceptors (Lipinski definition) is 3. The minimum absolute atomic E-state index is 0.164. The van der Waals surface area contributed by atoms with Crippen molar-refractivity contribution >= 4 is 11.6 Å². The van der Waals surface area contributed by atoms with E-state index in [2.05, 4.69) is 10.1 Å². The number of carboxylic acid groups (broad SMARTS) is 1. The van der Waals surface area contributed by atoms with Crippen molar-refractivity contribution < 1.29 is 9.90 Å². The van der Waals surface area contributed by atoms with Crippen molar-refractivity contribution in [3.05, 3.63) is 29.7 Å². The van der Waals surface area contributed by atoms with E-state index in [0.29, 0.717) is 5.65 Å². The molecule has 5 heteroatoms. The SMILES string of the molecule is CC(C)c1cccc2nc(C(=O)O)nn12. The monoisotopic (exact) mass is 205 g/mol. The summed E-state index contributed by atoms with van der Waals surface area (Å²) >= 11 is 0. The first-order chi connectivity index (χ1) is 7.09. The molecule has 0 atom stereocenters. The second-order valence-corrected chi connectivity index (χ2v) is 3.62. The minimum atomic E-state index is -1.10. The predicted octanol–water partition coefficient (Wildman–Crippen LogP) is 1.55. The molecule has 0 aromatic carbocycles. The van der Waals surface area contributed by atoms with E-state index in [1.807, 2.05) is 26.0 Å². The number of aromatic carboxylic acids is 1. The summed E-state index contributed by atoms with van der Waals surface area (Å²) in [6.07, 6.45) is 0.